The Hall–Kier alpha value is -6.55. The number of imide groups is 1. The van der Waals surface area contributed by atoms with Crippen LogP contribution in [0.25, 0.3) is 33.2 Å². The quantitative estimate of drug-likeness (QED) is 0.178. The molecule has 3 aromatic heterocycles. The van der Waals surface area contributed by atoms with Crippen molar-refractivity contribution in [1.82, 2.24) is 40.6 Å². The predicted octanol–water partition coefficient (Wildman–Crippen LogP) is 4.91. The van der Waals surface area contributed by atoms with Gasteiger partial charge in [-0.1, -0.05) is 23.4 Å². The second-order valence-electron chi connectivity index (χ2n) is 16.2. The fourth-order valence-electron chi connectivity index (χ4n) is 9.19. The molecular weight excluding hydrogens is 756 g/mol. The number of fused-ring (bicyclic) bond motifs is 5. The van der Waals surface area contributed by atoms with Gasteiger partial charge in [0, 0.05) is 67.0 Å². The number of rotatable bonds is 8. The molecule has 10 rings (SSSR count). The van der Waals surface area contributed by atoms with E-state index in [9.17, 15) is 19.2 Å². The maximum absolute atomic E-state index is 16.0. The molecule has 4 amide bonds. The van der Waals surface area contributed by atoms with E-state index in [2.05, 4.69) is 75.9 Å². The van der Waals surface area contributed by atoms with E-state index in [4.69, 9.17) is 4.52 Å². The van der Waals surface area contributed by atoms with Gasteiger partial charge in [0.25, 0.3) is 0 Å². The number of hydrogen-bond donors (Lipinski definition) is 3. The molecule has 4 aliphatic rings. The molecule has 6 aromatic rings. The number of hydrogen-bond acceptors (Lipinski definition) is 11. The van der Waals surface area contributed by atoms with Gasteiger partial charge < -0.3 is 19.7 Å². The summed E-state index contributed by atoms with van der Waals surface area (Å²) in [4.78, 5) is 73.9. The Morgan fingerprint density at radius 3 is 2.59 bits per heavy atom. The lowest BCUT2D eigenvalue weighted by Crippen LogP contribution is -2.54. The molecule has 0 radical (unpaired) electrons. The van der Waals surface area contributed by atoms with Gasteiger partial charge in [-0.05, 0) is 92.6 Å². The van der Waals surface area contributed by atoms with E-state index in [0.29, 0.717) is 41.3 Å². The Bertz CT molecular complexity index is 2750. The average Bonchev–Trinajstić information content (AvgIpc) is 3.67. The van der Waals surface area contributed by atoms with Crippen molar-refractivity contribution in [1.29, 1.82) is 0 Å². The van der Waals surface area contributed by atoms with E-state index < -0.39 is 35.1 Å². The van der Waals surface area contributed by atoms with E-state index >= 15 is 4.39 Å². The monoisotopic (exact) mass is 796 g/mol. The number of aromatic amines is 1. The van der Waals surface area contributed by atoms with Crippen LogP contribution in [0.5, 0.6) is 0 Å². The number of H-pyrrole nitrogens is 1. The first-order valence-corrected chi connectivity index (χ1v) is 19.9. The van der Waals surface area contributed by atoms with Gasteiger partial charge in [0.1, 0.15) is 23.8 Å². The molecule has 2 saturated heterocycles. The number of aryl methyl sites for hydroxylation is 2. The van der Waals surface area contributed by atoms with E-state index in [0.717, 1.165) is 83.4 Å². The number of aromatic nitrogens is 5. The second-order valence-corrected chi connectivity index (χ2v) is 16.2. The number of benzene rings is 3. The molecule has 0 bridgehead atoms. The van der Waals surface area contributed by atoms with Gasteiger partial charge in [-0.25, -0.2) is 14.4 Å². The molecule has 3 N–H and O–H groups in total. The van der Waals surface area contributed by atoms with Crippen LogP contribution in [-0.2, 0) is 26.3 Å². The second kappa shape index (κ2) is 13.8. The molecule has 1 unspecified atom stereocenters. The van der Waals surface area contributed by atoms with Gasteiger partial charge >= 0.3 is 11.8 Å². The number of anilines is 2. The van der Waals surface area contributed by atoms with Crippen molar-refractivity contribution >= 4 is 56.9 Å². The number of carbonyl (C=O) groups excluding carboxylic acids is 4. The van der Waals surface area contributed by atoms with Crippen molar-refractivity contribution in [3.63, 3.8) is 0 Å². The molecule has 3 aliphatic heterocycles. The Kier molecular flexibility index (Phi) is 8.59. The SMILES string of the molecule is Cc1noc(C(=O)N[C@H](C)c2cc(F)c(-c3ncnc4[nH]c5cc(N6CCN(Cc7ccc8c(c7)N(C7CCC(=O)NC7=O)C(=O)C87CC7)CC6)ccc5c34)cc2C)n1. The number of halogens is 1. The van der Waals surface area contributed by atoms with Crippen LogP contribution in [0, 0.1) is 19.7 Å². The Morgan fingerprint density at radius 2 is 1.85 bits per heavy atom. The molecule has 1 saturated carbocycles. The number of piperidine rings is 1. The molecule has 1 aliphatic carbocycles. The average molecular weight is 797 g/mol. The number of nitrogens with one attached hydrogen (secondary N) is 3. The summed E-state index contributed by atoms with van der Waals surface area (Å²) in [6.07, 6.45) is 3.54. The van der Waals surface area contributed by atoms with Crippen molar-refractivity contribution in [2.24, 2.45) is 0 Å². The predicted molar refractivity (Wildman–Crippen MR) is 215 cm³/mol. The Balaban J connectivity index is 0.844. The van der Waals surface area contributed by atoms with Gasteiger partial charge in [-0.3, -0.25) is 34.3 Å². The highest BCUT2D eigenvalue weighted by atomic mass is 19.1. The molecule has 16 heteroatoms. The van der Waals surface area contributed by atoms with Crippen molar-refractivity contribution in [2.75, 3.05) is 36.0 Å². The van der Waals surface area contributed by atoms with Crippen LogP contribution >= 0.6 is 0 Å². The van der Waals surface area contributed by atoms with Gasteiger partial charge in [0.05, 0.1) is 22.5 Å². The standard InChI is InChI=1S/C43H41FN10O5/c1-22-16-29(31(44)19-28(22)23(2)47-40(57)41-48-24(3)51-59-41)37-36-27-6-5-26(18-32(27)49-38(36)46-21-45-37)53-14-12-52(13-15-53)20-25-4-7-30-34(17-25)54(42(58)43(30)10-11-43)33-8-9-35(55)50-39(33)56/h4-7,16-19,21,23,33H,8-15,20H2,1-3H3,(H,47,57)(H,45,46,49)(H,50,55,56)/t23-,33?/m1/s1. The van der Waals surface area contributed by atoms with Crippen LogP contribution in [0.15, 0.2) is 59.4 Å². The topological polar surface area (TPSA) is 183 Å². The van der Waals surface area contributed by atoms with E-state index in [1.807, 2.05) is 13.0 Å². The Morgan fingerprint density at radius 1 is 1.03 bits per heavy atom. The maximum Gasteiger partial charge on any atom is 0.315 e. The summed E-state index contributed by atoms with van der Waals surface area (Å²) in [5.41, 5.74) is 7.06. The van der Waals surface area contributed by atoms with Crippen molar-refractivity contribution in [3.8, 4) is 11.3 Å². The minimum Gasteiger partial charge on any atom is -0.369 e. The summed E-state index contributed by atoms with van der Waals surface area (Å²) in [6, 6.07) is 14.4. The number of amides is 4. The van der Waals surface area contributed by atoms with E-state index in [-0.39, 0.29) is 24.1 Å². The summed E-state index contributed by atoms with van der Waals surface area (Å²) in [6.45, 7) is 9.21. The smallest absolute Gasteiger partial charge is 0.315 e. The van der Waals surface area contributed by atoms with Crippen LogP contribution < -0.4 is 20.4 Å². The van der Waals surface area contributed by atoms with Gasteiger partial charge in [0.15, 0.2) is 5.82 Å². The summed E-state index contributed by atoms with van der Waals surface area (Å²) in [5, 5.41) is 10.5. The van der Waals surface area contributed by atoms with Crippen LogP contribution in [0.1, 0.15) is 77.4 Å². The summed E-state index contributed by atoms with van der Waals surface area (Å²) in [7, 11) is 0. The molecule has 15 nitrogen and oxygen atoms in total. The highest BCUT2D eigenvalue weighted by molar-refractivity contribution is 6.15. The van der Waals surface area contributed by atoms with Crippen LogP contribution in [0.3, 0.4) is 0 Å². The lowest BCUT2D eigenvalue weighted by molar-refractivity contribution is -0.135. The Labute approximate surface area is 337 Å². The zero-order chi connectivity index (χ0) is 40.7. The maximum atomic E-state index is 16.0. The number of piperazine rings is 1. The number of nitrogens with zero attached hydrogens (tertiary/aromatic N) is 7. The van der Waals surface area contributed by atoms with Crippen molar-refractivity contribution in [2.45, 2.75) is 70.5 Å². The molecule has 3 aromatic carbocycles. The lowest BCUT2D eigenvalue weighted by Gasteiger charge is -2.36. The summed E-state index contributed by atoms with van der Waals surface area (Å²) < 4.78 is 21.0. The van der Waals surface area contributed by atoms with Crippen molar-refractivity contribution in [3.05, 3.63) is 94.6 Å². The van der Waals surface area contributed by atoms with Gasteiger partial charge in [-0.15, -0.1) is 0 Å². The molecule has 3 fully saturated rings. The molecule has 1 spiro atoms. The fourth-order valence-corrected chi connectivity index (χ4v) is 9.19. The number of carbonyl (C=O) groups is 4. The first-order valence-electron chi connectivity index (χ1n) is 19.9. The first-order chi connectivity index (χ1) is 28.5. The summed E-state index contributed by atoms with van der Waals surface area (Å²) in [5.74, 6) is -1.55. The summed E-state index contributed by atoms with van der Waals surface area (Å²) >= 11 is 0. The third kappa shape index (κ3) is 6.20. The van der Waals surface area contributed by atoms with E-state index in [1.54, 1.807) is 24.8 Å². The normalized spacial score (nSPS) is 19.5. The third-order valence-corrected chi connectivity index (χ3v) is 12.4. The van der Waals surface area contributed by atoms with Gasteiger partial charge in [0.2, 0.25) is 17.7 Å². The minimum atomic E-state index is -0.672. The largest absolute Gasteiger partial charge is 0.369 e. The zero-order valence-corrected chi connectivity index (χ0v) is 32.8. The molecule has 300 valence electrons. The third-order valence-electron chi connectivity index (χ3n) is 12.4. The first kappa shape index (κ1) is 36.8. The van der Waals surface area contributed by atoms with Gasteiger partial charge in [-0.2, -0.15) is 4.98 Å². The van der Waals surface area contributed by atoms with E-state index in [1.165, 1.54) is 12.4 Å². The van der Waals surface area contributed by atoms with Crippen LogP contribution in [-0.4, -0.2) is 85.8 Å². The molecular formula is C43H41FN10O5. The van der Waals surface area contributed by atoms with Crippen LogP contribution in [0.2, 0.25) is 0 Å². The lowest BCUT2D eigenvalue weighted by atomic mass is 9.96. The fraction of sp³-hybridized carbons (Fsp3) is 0.349. The molecule has 59 heavy (non-hydrogen) atoms. The molecule has 6 heterocycles. The minimum absolute atomic E-state index is 0.0219. The zero-order valence-electron chi connectivity index (χ0n) is 32.8. The molecule has 2 atom stereocenters. The highest BCUT2D eigenvalue weighted by Crippen LogP contribution is 2.58. The van der Waals surface area contributed by atoms with Crippen molar-refractivity contribution < 1.29 is 28.1 Å². The highest BCUT2D eigenvalue weighted by Gasteiger charge is 2.61. The van der Waals surface area contributed by atoms with Crippen LogP contribution in [0.4, 0.5) is 15.8 Å².